The van der Waals surface area contributed by atoms with Crippen LogP contribution in [0.25, 0.3) is 12.2 Å². The largest absolute Gasteiger partial charge is 0.493 e. The van der Waals surface area contributed by atoms with E-state index in [9.17, 15) is 24.6 Å². The van der Waals surface area contributed by atoms with Crippen LogP contribution in [-0.2, 0) is 17.8 Å². The van der Waals surface area contributed by atoms with Crippen molar-refractivity contribution in [2.24, 2.45) is 5.92 Å². The van der Waals surface area contributed by atoms with Gasteiger partial charge in [0.15, 0.2) is 0 Å². The number of aliphatic carboxylic acids is 1. The van der Waals surface area contributed by atoms with E-state index in [0.29, 0.717) is 51.3 Å². The summed E-state index contributed by atoms with van der Waals surface area (Å²) in [6, 6.07) is 30.7. The molecule has 8 heteroatoms. The van der Waals surface area contributed by atoms with Gasteiger partial charge in [-0.3, -0.25) is 9.59 Å². The second-order valence-electron chi connectivity index (χ2n) is 11.3. The predicted octanol–water partition coefficient (Wildman–Crippen LogP) is 7.08. The number of aryl methyl sites for hydroxylation is 1. The highest BCUT2D eigenvalue weighted by atomic mass is 16.5. The number of carbonyl (C=O) groups excluding carboxylic acids is 1. The number of amides is 1. The molecule has 236 valence electrons. The fourth-order valence-corrected chi connectivity index (χ4v) is 5.31. The van der Waals surface area contributed by atoms with E-state index in [1.807, 2.05) is 42.5 Å². The molecular formula is C38H37NO7. The van der Waals surface area contributed by atoms with Gasteiger partial charge in [0.05, 0.1) is 23.7 Å². The summed E-state index contributed by atoms with van der Waals surface area (Å²) in [5.74, 6) is -1.73. The van der Waals surface area contributed by atoms with Crippen LogP contribution in [0.2, 0.25) is 0 Å². The molecule has 46 heavy (non-hydrogen) atoms. The van der Waals surface area contributed by atoms with Gasteiger partial charge < -0.3 is 24.6 Å². The summed E-state index contributed by atoms with van der Waals surface area (Å²) in [4.78, 5) is 37.7. The molecule has 8 nitrogen and oxygen atoms in total. The van der Waals surface area contributed by atoms with Crippen molar-refractivity contribution in [3.05, 3.63) is 130 Å². The Morgan fingerprint density at radius 3 is 2.07 bits per heavy atom. The molecule has 0 aliphatic carbocycles. The number of ether oxygens (including phenoxy) is 2. The Balaban J connectivity index is 1.09. The van der Waals surface area contributed by atoms with Crippen LogP contribution in [-0.4, -0.2) is 52.7 Å². The minimum Gasteiger partial charge on any atom is -0.493 e. The second kappa shape index (κ2) is 15.6. The Hall–Kier alpha value is -5.37. The topological polar surface area (TPSA) is 113 Å². The van der Waals surface area contributed by atoms with E-state index in [1.165, 1.54) is 18.2 Å². The maximum absolute atomic E-state index is 13.3. The van der Waals surface area contributed by atoms with Gasteiger partial charge in [0.1, 0.15) is 18.1 Å². The molecular weight excluding hydrogens is 582 g/mol. The van der Waals surface area contributed by atoms with E-state index >= 15 is 0 Å². The number of piperidine rings is 1. The van der Waals surface area contributed by atoms with E-state index < -0.39 is 17.9 Å². The predicted molar refractivity (Wildman–Crippen MR) is 176 cm³/mol. The first kappa shape index (κ1) is 32.0. The summed E-state index contributed by atoms with van der Waals surface area (Å²) in [5, 5.41) is 18.7. The van der Waals surface area contributed by atoms with Gasteiger partial charge in [0, 0.05) is 13.1 Å². The molecule has 0 atom stereocenters. The Labute approximate surface area is 268 Å². The van der Waals surface area contributed by atoms with Gasteiger partial charge in [-0.2, -0.15) is 0 Å². The van der Waals surface area contributed by atoms with Crippen molar-refractivity contribution < 1.29 is 34.1 Å². The summed E-state index contributed by atoms with van der Waals surface area (Å²) in [5.41, 5.74) is 4.65. The molecule has 0 saturated carbocycles. The standard InChI is InChI=1S/C38H37NO7/c40-36(39-22-20-31(21-23-39)37(41)42)34-25-32(38(43)44)16-19-35(34)45-24-4-7-28-14-17-33(18-15-28)46-26-30-12-10-29(11-13-30)9-8-27-5-2-1-3-6-27/h1-3,5-6,8-19,25,31H,4,7,20-24,26H2,(H,41,42)(H,43,44). The molecule has 0 aromatic heterocycles. The molecule has 1 aliphatic heterocycles. The lowest BCUT2D eigenvalue weighted by Crippen LogP contribution is -2.40. The zero-order valence-corrected chi connectivity index (χ0v) is 25.5. The lowest BCUT2D eigenvalue weighted by Gasteiger charge is -2.30. The van der Waals surface area contributed by atoms with Crippen molar-refractivity contribution in [3.8, 4) is 11.5 Å². The molecule has 0 spiro atoms. The summed E-state index contributed by atoms with van der Waals surface area (Å²) in [6.45, 7) is 1.40. The lowest BCUT2D eigenvalue weighted by atomic mass is 9.96. The molecule has 4 aromatic rings. The Morgan fingerprint density at radius 2 is 1.41 bits per heavy atom. The van der Waals surface area contributed by atoms with Gasteiger partial charge in [0.25, 0.3) is 5.91 Å². The highest BCUT2D eigenvalue weighted by molar-refractivity contribution is 6.00. The zero-order valence-electron chi connectivity index (χ0n) is 25.5. The highest BCUT2D eigenvalue weighted by Crippen LogP contribution is 2.26. The average molecular weight is 620 g/mol. The van der Waals surface area contributed by atoms with Crippen LogP contribution in [0.1, 0.15) is 62.2 Å². The van der Waals surface area contributed by atoms with Crippen molar-refractivity contribution >= 4 is 30.0 Å². The van der Waals surface area contributed by atoms with Crippen molar-refractivity contribution in [1.82, 2.24) is 4.90 Å². The first-order valence-electron chi connectivity index (χ1n) is 15.4. The number of rotatable bonds is 13. The van der Waals surface area contributed by atoms with Gasteiger partial charge in [-0.15, -0.1) is 0 Å². The smallest absolute Gasteiger partial charge is 0.335 e. The normalized spacial score (nSPS) is 13.4. The van der Waals surface area contributed by atoms with Crippen LogP contribution >= 0.6 is 0 Å². The fraction of sp³-hybridized carbons (Fsp3) is 0.237. The van der Waals surface area contributed by atoms with Crippen molar-refractivity contribution in [2.75, 3.05) is 19.7 Å². The maximum Gasteiger partial charge on any atom is 0.335 e. The molecule has 1 heterocycles. The van der Waals surface area contributed by atoms with Crippen molar-refractivity contribution in [3.63, 3.8) is 0 Å². The minimum absolute atomic E-state index is 0.00793. The van der Waals surface area contributed by atoms with E-state index in [-0.39, 0.29) is 17.0 Å². The van der Waals surface area contributed by atoms with Crippen LogP contribution in [0, 0.1) is 5.92 Å². The molecule has 0 unspecified atom stereocenters. The van der Waals surface area contributed by atoms with Crippen LogP contribution in [0.4, 0.5) is 0 Å². The number of carbonyl (C=O) groups is 3. The molecule has 2 N–H and O–H groups in total. The van der Waals surface area contributed by atoms with Gasteiger partial charge in [-0.25, -0.2) is 4.79 Å². The van der Waals surface area contributed by atoms with Crippen molar-refractivity contribution in [1.29, 1.82) is 0 Å². The number of nitrogens with zero attached hydrogens (tertiary/aromatic N) is 1. The molecule has 0 bridgehead atoms. The van der Waals surface area contributed by atoms with Gasteiger partial charge in [-0.1, -0.05) is 78.9 Å². The Bertz CT molecular complexity index is 1660. The van der Waals surface area contributed by atoms with E-state index in [1.54, 1.807) is 4.90 Å². The van der Waals surface area contributed by atoms with Gasteiger partial charge in [0.2, 0.25) is 0 Å². The molecule has 4 aromatic carbocycles. The quantitative estimate of drug-likeness (QED) is 0.121. The molecule has 0 radical (unpaired) electrons. The van der Waals surface area contributed by atoms with E-state index in [0.717, 1.165) is 34.4 Å². The summed E-state index contributed by atoms with van der Waals surface area (Å²) in [6.07, 6.45) is 6.33. The minimum atomic E-state index is -1.14. The second-order valence-corrected chi connectivity index (χ2v) is 11.3. The Morgan fingerprint density at radius 1 is 0.761 bits per heavy atom. The van der Waals surface area contributed by atoms with Crippen LogP contribution < -0.4 is 9.47 Å². The van der Waals surface area contributed by atoms with Crippen molar-refractivity contribution in [2.45, 2.75) is 32.3 Å². The summed E-state index contributed by atoms with van der Waals surface area (Å²) < 4.78 is 11.9. The van der Waals surface area contributed by atoms with Gasteiger partial charge >= 0.3 is 11.9 Å². The molecule has 1 amide bonds. The van der Waals surface area contributed by atoms with E-state index in [4.69, 9.17) is 9.47 Å². The molecule has 1 aliphatic rings. The van der Waals surface area contributed by atoms with Gasteiger partial charge in [-0.05, 0) is 78.3 Å². The van der Waals surface area contributed by atoms with Crippen LogP contribution in [0.5, 0.6) is 11.5 Å². The van der Waals surface area contributed by atoms with E-state index in [2.05, 4.69) is 48.6 Å². The SMILES string of the molecule is O=C(O)c1ccc(OCCCc2ccc(OCc3ccc(C=Cc4ccccc4)cc3)cc2)c(C(=O)N2CCC(C(=O)O)CC2)c1. The number of likely N-dealkylation sites (tertiary alicyclic amines) is 1. The first-order valence-corrected chi connectivity index (χ1v) is 15.4. The average Bonchev–Trinajstić information content (AvgIpc) is 3.09. The third-order valence-corrected chi connectivity index (χ3v) is 8.03. The summed E-state index contributed by atoms with van der Waals surface area (Å²) in [7, 11) is 0. The number of hydrogen-bond donors (Lipinski definition) is 2. The Kier molecular flexibility index (Phi) is 10.8. The molecule has 1 saturated heterocycles. The highest BCUT2D eigenvalue weighted by Gasteiger charge is 2.29. The van der Waals surface area contributed by atoms with Crippen LogP contribution in [0.3, 0.4) is 0 Å². The molecule has 1 fully saturated rings. The summed E-state index contributed by atoms with van der Waals surface area (Å²) >= 11 is 0. The fourth-order valence-electron chi connectivity index (χ4n) is 5.31. The number of carboxylic acid groups (broad SMARTS) is 2. The third-order valence-electron chi connectivity index (χ3n) is 8.03. The first-order chi connectivity index (χ1) is 22.4. The number of aromatic carboxylic acids is 1. The number of hydrogen-bond acceptors (Lipinski definition) is 5. The molecule has 5 rings (SSSR count). The maximum atomic E-state index is 13.3. The zero-order chi connectivity index (χ0) is 32.3. The number of carboxylic acids is 2. The lowest BCUT2D eigenvalue weighted by molar-refractivity contribution is -0.143. The van der Waals surface area contributed by atoms with Crippen LogP contribution in [0.15, 0.2) is 97.1 Å². The number of benzene rings is 4. The monoisotopic (exact) mass is 619 g/mol. The third kappa shape index (κ3) is 8.85.